The number of ether oxygens (including phenoxy) is 4. The Labute approximate surface area is 428 Å². The lowest BCUT2D eigenvalue weighted by molar-refractivity contribution is -0.159. The molecule has 1 heterocycles. The lowest BCUT2D eigenvalue weighted by Crippen LogP contribution is -2.65. The predicted octanol–water partition coefficient (Wildman–Crippen LogP) is 7.41. The van der Waals surface area contributed by atoms with Crippen LogP contribution >= 0.6 is 0 Å². The lowest BCUT2D eigenvalue weighted by Gasteiger charge is -2.63. The van der Waals surface area contributed by atoms with E-state index in [-0.39, 0.29) is 101 Å². The van der Waals surface area contributed by atoms with Crippen molar-refractivity contribution in [3.63, 3.8) is 0 Å². The van der Waals surface area contributed by atoms with E-state index >= 15 is 0 Å². The van der Waals surface area contributed by atoms with Gasteiger partial charge in [0.2, 0.25) is 23.6 Å². The summed E-state index contributed by atoms with van der Waals surface area (Å²) < 4.78 is 23.7. The van der Waals surface area contributed by atoms with Gasteiger partial charge in [0.15, 0.2) is 0 Å². The van der Waals surface area contributed by atoms with Gasteiger partial charge in [0, 0.05) is 19.0 Å². The number of hydrogen-bond acceptors (Lipinski definition) is 11. The maximum absolute atomic E-state index is 14.8. The van der Waals surface area contributed by atoms with E-state index in [1.807, 2.05) is 32.0 Å². The van der Waals surface area contributed by atoms with Gasteiger partial charge in [-0.1, -0.05) is 59.7 Å². The van der Waals surface area contributed by atoms with Crippen molar-refractivity contribution in [3.8, 4) is 0 Å². The van der Waals surface area contributed by atoms with Crippen molar-refractivity contribution in [3.05, 3.63) is 35.9 Å². The maximum Gasteiger partial charge on any atom is 0.408 e. The average Bonchev–Trinajstić information content (AvgIpc) is 3.77. The highest BCUT2D eigenvalue weighted by atomic mass is 16.6. The van der Waals surface area contributed by atoms with Crippen molar-refractivity contribution >= 4 is 41.7 Å². The van der Waals surface area contributed by atoms with Crippen LogP contribution < -0.4 is 26.6 Å². The van der Waals surface area contributed by atoms with E-state index in [1.165, 1.54) is 6.92 Å². The summed E-state index contributed by atoms with van der Waals surface area (Å²) in [5.74, 6) is -0.915. The minimum Gasteiger partial charge on any atom is -0.462 e. The van der Waals surface area contributed by atoms with Crippen LogP contribution in [0.4, 0.5) is 4.79 Å². The summed E-state index contributed by atoms with van der Waals surface area (Å²) in [5, 5.41) is 14.8. The molecule has 0 bridgehead atoms. The molecule has 0 unspecified atom stereocenters. The molecule has 1 aromatic carbocycles. The number of rotatable bonds is 17. The van der Waals surface area contributed by atoms with Crippen LogP contribution in [-0.2, 0) is 42.9 Å². The summed E-state index contributed by atoms with van der Waals surface area (Å²) in [7, 11) is 0. The lowest BCUT2D eigenvalue weighted by atomic mass is 9.43. The third kappa shape index (κ3) is 13.5. The third-order valence-electron chi connectivity index (χ3n) is 17.1. The molecule has 5 N–H and O–H groups in total. The molecule has 1 saturated heterocycles. The molecular weight excluding hydrogens is 919 g/mol. The Morgan fingerprint density at radius 2 is 1.50 bits per heavy atom. The average molecular weight is 1010 g/mol. The fraction of sp³-hybridized carbons (Fsp3) is 0.768. The molecule has 0 aromatic heterocycles. The number of carbonyl (C=O) groups excluding carboxylic acids is 7. The summed E-state index contributed by atoms with van der Waals surface area (Å²) in [6, 6.07) is 6.76. The van der Waals surface area contributed by atoms with Crippen molar-refractivity contribution in [2.24, 2.45) is 58.2 Å². The number of nitrogens with one attached hydrogen (secondary N) is 5. The van der Waals surface area contributed by atoms with E-state index in [0.717, 1.165) is 57.8 Å². The normalized spacial score (nSPS) is 32.0. The van der Waals surface area contributed by atoms with Gasteiger partial charge in [-0.15, -0.1) is 0 Å². The zero-order valence-corrected chi connectivity index (χ0v) is 45.4. The first-order valence-electron chi connectivity index (χ1n) is 26.8. The van der Waals surface area contributed by atoms with Crippen LogP contribution in [-0.4, -0.2) is 102 Å². The molecule has 4 aliphatic carbocycles. The highest BCUT2D eigenvalue weighted by Gasteiger charge is 2.69. The molecule has 5 amide bonds. The van der Waals surface area contributed by atoms with Gasteiger partial charge in [0.25, 0.3) is 0 Å². The second-order valence-electron chi connectivity index (χ2n) is 25.0. The minimum absolute atomic E-state index is 0.00991. The highest BCUT2D eigenvalue weighted by Crippen LogP contribution is 2.70. The first kappa shape index (κ1) is 56.6. The van der Waals surface area contributed by atoms with Gasteiger partial charge in [-0.2, -0.15) is 0 Å². The van der Waals surface area contributed by atoms with E-state index in [0.29, 0.717) is 24.0 Å². The molecule has 1 aliphatic heterocycles. The Kier molecular flexibility index (Phi) is 17.9. The molecule has 402 valence electrons. The van der Waals surface area contributed by atoms with Gasteiger partial charge >= 0.3 is 18.0 Å². The number of esters is 2. The van der Waals surface area contributed by atoms with Crippen molar-refractivity contribution < 1.29 is 52.5 Å². The molecular formula is C56H87N5O11. The van der Waals surface area contributed by atoms with Crippen LogP contribution in [0.3, 0.4) is 0 Å². The second kappa shape index (κ2) is 22.8. The van der Waals surface area contributed by atoms with Gasteiger partial charge in [-0.05, 0) is 170 Å². The fourth-order valence-electron chi connectivity index (χ4n) is 13.8. The van der Waals surface area contributed by atoms with Crippen molar-refractivity contribution in [2.75, 3.05) is 13.2 Å². The molecule has 16 heteroatoms. The monoisotopic (exact) mass is 1010 g/mol. The number of alkyl carbamates (subject to hydrolysis) is 1. The Hall–Kier alpha value is -4.73. The van der Waals surface area contributed by atoms with Crippen LogP contribution in [0.2, 0.25) is 0 Å². The number of carbonyl (C=O) groups is 7. The van der Waals surface area contributed by atoms with E-state index < -0.39 is 47.2 Å². The van der Waals surface area contributed by atoms with E-state index in [1.54, 1.807) is 53.7 Å². The van der Waals surface area contributed by atoms with Crippen LogP contribution in [0.25, 0.3) is 0 Å². The molecule has 5 fully saturated rings. The number of fused-ring (bicyclic) bond motifs is 7. The Morgan fingerprint density at radius 3 is 2.14 bits per heavy atom. The molecule has 0 radical (unpaired) electrons. The molecule has 5 aliphatic rings. The van der Waals surface area contributed by atoms with Gasteiger partial charge < -0.3 is 45.5 Å². The number of amides is 5. The van der Waals surface area contributed by atoms with Gasteiger partial charge in [0.1, 0.15) is 29.8 Å². The standard InChI is InChI=1S/C56H87N5O11/c1-31(2)48(61-46(64)29-57-52(68)72-54(9,10)11)49(65)60-44-27-39-38(21-20-36-25-37(23-24-55(36,39)12)59-45(63)28-41(58-34(5)62)51(67)71-53(6,7)8)40-26-43-47(56(40,44)13)33(4)42(70-43)22-19-32(3)30-69-50(66)35-17-15-14-16-18-35/h14-18,31-33,36-44,47-48H,19-30H2,1-13H3,(H,57,68)(H,58,62)(H,59,63)(H,60,65)(H,61,64)/t32-,33-,36+,37-,38-,39+,40+,41+,42-,43+,44+,47+,48+,55+,56-/m1/s1. The SMILES string of the molecule is CC(=O)N[C@@H](CC(=O)N[C@@H]1CC[C@@]2(C)[C@@H](CC[C@@H]3[C@@H]2C[C@H](NC(=O)[C@@H](NC(=O)CNC(=O)OC(C)(C)C)C(C)C)[C@]2(C)[C@H]4[C@H](C)[C@@H](CC[C@@H](C)COC(=O)c5ccccc5)O[C@H]4C[C@@H]32)C1)C(=O)OC(C)(C)C. The first-order chi connectivity index (χ1) is 33.6. The Morgan fingerprint density at radius 1 is 0.819 bits per heavy atom. The molecule has 6 rings (SSSR count). The van der Waals surface area contributed by atoms with E-state index in [2.05, 4.69) is 54.3 Å². The molecule has 4 saturated carbocycles. The van der Waals surface area contributed by atoms with Crippen LogP contribution in [0.15, 0.2) is 30.3 Å². The fourth-order valence-corrected chi connectivity index (χ4v) is 13.8. The number of hydrogen-bond donors (Lipinski definition) is 5. The molecule has 0 spiro atoms. The topological polar surface area (TPSA) is 217 Å². The number of benzene rings is 1. The summed E-state index contributed by atoms with van der Waals surface area (Å²) in [4.78, 5) is 91.8. The quantitative estimate of drug-likeness (QED) is 0.0765. The largest absolute Gasteiger partial charge is 0.462 e. The molecule has 72 heavy (non-hydrogen) atoms. The zero-order valence-electron chi connectivity index (χ0n) is 45.4. The van der Waals surface area contributed by atoms with Gasteiger partial charge in [-0.25, -0.2) is 14.4 Å². The Bertz CT molecular complexity index is 2120. The zero-order chi connectivity index (χ0) is 53.1. The summed E-state index contributed by atoms with van der Waals surface area (Å²) in [6.45, 7) is 24.8. The molecule has 16 nitrogen and oxygen atoms in total. The Balaban J connectivity index is 1.18. The highest BCUT2D eigenvalue weighted by molar-refractivity contribution is 5.91. The van der Waals surface area contributed by atoms with Crippen molar-refractivity contribution in [1.29, 1.82) is 0 Å². The summed E-state index contributed by atoms with van der Waals surface area (Å²) in [6.07, 6.45) is 6.89. The van der Waals surface area contributed by atoms with Crippen molar-refractivity contribution in [1.82, 2.24) is 26.6 Å². The van der Waals surface area contributed by atoms with Crippen molar-refractivity contribution in [2.45, 2.75) is 202 Å². The second-order valence-corrected chi connectivity index (χ2v) is 25.0. The summed E-state index contributed by atoms with van der Waals surface area (Å²) in [5.41, 5.74) is -1.37. The van der Waals surface area contributed by atoms with Crippen LogP contribution in [0.1, 0.15) is 165 Å². The van der Waals surface area contributed by atoms with Gasteiger partial charge in [0.05, 0.1) is 30.8 Å². The molecule has 15 atom stereocenters. The first-order valence-corrected chi connectivity index (χ1v) is 26.8. The minimum atomic E-state index is -1.10. The smallest absolute Gasteiger partial charge is 0.408 e. The molecule has 1 aromatic rings. The van der Waals surface area contributed by atoms with Crippen LogP contribution in [0.5, 0.6) is 0 Å². The third-order valence-corrected chi connectivity index (χ3v) is 17.1. The van der Waals surface area contributed by atoms with Gasteiger partial charge in [-0.3, -0.25) is 19.2 Å². The predicted molar refractivity (Wildman–Crippen MR) is 272 cm³/mol. The van der Waals surface area contributed by atoms with E-state index in [4.69, 9.17) is 18.9 Å². The van der Waals surface area contributed by atoms with E-state index in [9.17, 15) is 33.6 Å². The van der Waals surface area contributed by atoms with Crippen LogP contribution in [0, 0.1) is 58.2 Å². The maximum atomic E-state index is 14.8. The summed E-state index contributed by atoms with van der Waals surface area (Å²) >= 11 is 0.